The summed E-state index contributed by atoms with van der Waals surface area (Å²) < 4.78 is 0. The Labute approximate surface area is 131 Å². The highest BCUT2D eigenvalue weighted by molar-refractivity contribution is 5.47. The van der Waals surface area contributed by atoms with Gasteiger partial charge >= 0.3 is 0 Å². The topological polar surface area (TPSA) is 62.4 Å². The van der Waals surface area contributed by atoms with Gasteiger partial charge in [-0.15, -0.1) is 0 Å². The number of aliphatic hydroxyl groups is 1. The van der Waals surface area contributed by atoms with Gasteiger partial charge in [0.25, 0.3) is 0 Å². The van der Waals surface area contributed by atoms with Crippen molar-refractivity contribution in [2.45, 2.75) is 25.9 Å². The van der Waals surface area contributed by atoms with Crippen LogP contribution in [-0.2, 0) is 13.0 Å². The number of hydrogen-bond acceptors (Lipinski definition) is 4. The summed E-state index contributed by atoms with van der Waals surface area (Å²) in [4.78, 5) is 6.60. The van der Waals surface area contributed by atoms with E-state index in [1.54, 1.807) is 0 Å². The molecule has 22 heavy (non-hydrogen) atoms. The van der Waals surface area contributed by atoms with Crippen LogP contribution in [0.15, 0.2) is 42.6 Å². The molecule has 2 heterocycles. The van der Waals surface area contributed by atoms with Crippen LogP contribution in [-0.4, -0.2) is 23.2 Å². The molecule has 1 saturated heterocycles. The average Bonchev–Trinajstić information content (AvgIpc) is 2.58. The molecule has 0 saturated carbocycles. The van der Waals surface area contributed by atoms with Crippen LogP contribution in [0.2, 0.25) is 0 Å². The van der Waals surface area contributed by atoms with Crippen LogP contribution in [0.4, 0.5) is 11.5 Å². The molecule has 0 aliphatic carbocycles. The summed E-state index contributed by atoms with van der Waals surface area (Å²) in [6.07, 6.45) is 5.39. The van der Waals surface area contributed by atoms with Crippen molar-refractivity contribution >= 4 is 11.5 Å². The fourth-order valence-electron chi connectivity index (χ4n) is 3.10. The van der Waals surface area contributed by atoms with Crippen molar-refractivity contribution in [3.05, 3.63) is 53.7 Å². The summed E-state index contributed by atoms with van der Waals surface area (Å²) in [5, 5.41) is 9.10. The molecule has 116 valence electrons. The van der Waals surface area contributed by atoms with E-state index in [4.69, 9.17) is 10.8 Å². The van der Waals surface area contributed by atoms with Crippen LogP contribution in [0.5, 0.6) is 0 Å². The van der Waals surface area contributed by atoms with Crippen LogP contribution in [0.1, 0.15) is 24.0 Å². The van der Waals surface area contributed by atoms with E-state index in [1.165, 1.54) is 24.1 Å². The number of aromatic nitrogens is 1. The first kappa shape index (κ1) is 14.9. The molecule has 1 aromatic carbocycles. The van der Waals surface area contributed by atoms with Crippen LogP contribution < -0.4 is 10.6 Å². The number of aliphatic hydroxyl groups excluding tert-OH is 1. The highest BCUT2D eigenvalue weighted by Gasteiger charge is 2.19. The molecule has 4 nitrogen and oxygen atoms in total. The Hall–Kier alpha value is -2.07. The van der Waals surface area contributed by atoms with Crippen molar-refractivity contribution in [3.63, 3.8) is 0 Å². The molecule has 1 aliphatic rings. The van der Waals surface area contributed by atoms with Crippen LogP contribution in [0.25, 0.3) is 0 Å². The average molecular weight is 297 g/mol. The summed E-state index contributed by atoms with van der Waals surface area (Å²) in [5.74, 6) is 1.31. The SMILES string of the molecule is Nc1ccc(CC2CCN(c3ccc(CO)cc3)CC2)cn1. The van der Waals surface area contributed by atoms with Gasteiger partial charge in [-0.25, -0.2) is 4.98 Å². The first-order chi connectivity index (χ1) is 10.7. The molecule has 3 N–H and O–H groups in total. The van der Waals surface area contributed by atoms with Crippen molar-refractivity contribution in [1.29, 1.82) is 0 Å². The van der Waals surface area contributed by atoms with E-state index in [1.807, 2.05) is 24.4 Å². The maximum Gasteiger partial charge on any atom is 0.123 e. The summed E-state index contributed by atoms with van der Waals surface area (Å²) >= 11 is 0. The number of benzene rings is 1. The Kier molecular flexibility index (Phi) is 4.59. The maximum atomic E-state index is 9.10. The first-order valence-corrected chi connectivity index (χ1v) is 7.90. The highest BCUT2D eigenvalue weighted by Crippen LogP contribution is 2.26. The van der Waals surface area contributed by atoms with Crippen molar-refractivity contribution in [3.8, 4) is 0 Å². The fraction of sp³-hybridized carbons (Fsp3) is 0.389. The Balaban J connectivity index is 1.54. The van der Waals surface area contributed by atoms with Gasteiger partial charge in [-0.2, -0.15) is 0 Å². The molecule has 2 aromatic rings. The molecule has 0 bridgehead atoms. The second kappa shape index (κ2) is 6.79. The monoisotopic (exact) mass is 297 g/mol. The Morgan fingerprint density at radius 3 is 2.32 bits per heavy atom. The van der Waals surface area contributed by atoms with Gasteiger partial charge in [-0.3, -0.25) is 0 Å². The van der Waals surface area contributed by atoms with Crippen molar-refractivity contribution < 1.29 is 5.11 Å². The predicted octanol–water partition coefficient (Wildman–Crippen LogP) is 2.62. The van der Waals surface area contributed by atoms with Crippen molar-refractivity contribution in [1.82, 2.24) is 4.98 Å². The molecule has 0 atom stereocenters. The van der Waals surface area contributed by atoms with Gasteiger partial charge in [0, 0.05) is 25.0 Å². The first-order valence-electron chi connectivity index (χ1n) is 7.90. The van der Waals surface area contributed by atoms with Crippen LogP contribution >= 0.6 is 0 Å². The smallest absolute Gasteiger partial charge is 0.123 e. The minimum Gasteiger partial charge on any atom is -0.392 e. The summed E-state index contributed by atoms with van der Waals surface area (Å²) in [7, 11) is 0. The van der Waals surface area contributed by atoms with Crippen LogP contribution in [0.3, 0.4) is 0 Å². The molecular weight excluding hydrogens is 274 g/mol. The third kappa shape index (κ3) is 3.57. The Morgan fingerprint density at radius 2 is 1.73 bits per heavy atom. The van der Waals surface area contributed by atoms with Crippen molar-refractivity contribution in [2.24, 2.45) is 5.92 Å². The number of hydrogen-bond donors (Lipinski definition) is 2. The van der Waals surface area contributed by atoms with Crippen molar-refractivity contribution in [2.75, 3.05) is 23.7 Å². The highest BCUT2D eigenvalue weighted by atomic mass is 16.3. The van der Waals surface area contributed by atoms with Gasteiger partial charge in [0.2, 0.25) is 0 Å². The molecule has 0 radical (unpaired) electrons. The molecule has 1 aromatic heterocycles. The van der Waals surface area contributed by atoms with E-state index < -0.39 is 0 Å². The van der Waals surface area contributed by atoms with E-state index >= 15 is 0 Å². The number of nitrogens with two attached hydrogens (primary N) is 1. The molecule has 1 fully saturated rings. The maximum absolute atomic E-state index is 9.10. The zero-order valence-corrected chi connectivity index (χ0v) is 12.8. The number of nitrogen functional groups attached to an aromatic ring is 1. The van der Waals surface area contributed by atoms with Gasteiger partial charge in [0.15, 0.2) is 0 Å². The molecule has 4 heteroatoms. The van der Waals surface area contributed by atoms with Gasteiger partial charge < -0.3 is 15.7 Å². The molecule has 1 aliphatic heterocycles. The lowest BCUT2D eigenvalue weighted by Gasteiger charge is -2.33. The minimum atomic E-state index is 0.109. The third-order valence-electron chi connectivity index (χ3n) is 4.47. The molecule has 3 rings (SSSR count). The Morgan fingerprint density at radius 1 is 1.05 bits per heavy atom. The predicted molar refractivity (Wildman–Crippen MR) is 89.7 cm³/mol. The second-order valence-corrected chi connectivity index (χ2v) is 6.05. The second-order valence-electron chi connectivity index (χ2n) is 6.05. The number of anilines is 2. The Bertz CT molecular complexity index is 587. The van der Waals surface area contributed by atoms with E-state index in [9.17, 15) is 0 Å². The normalized spacial score (nSPS) is 16.0. The van der Waals surface area contributed by atoms with E-state index in [2.05, 4.69) is 28.1 Å². The van der Waals surface area contributed by atoms with Gasteiger partial charge in [-0.1, -0.05) is 18.2 Å². The van der Waals surface area contributed by atoms with E-state index in [0.717, 1.165) is 31.0 Å². The summed E-state index contributed by atoms with van der Waals surface area (Å²) in [6, 6.07) is 12.2. The lowest BCUT2D eigenvalue weighted by Crippen LogP contribution is -2.34. The quantitative estimate of drug-likeness (QED) is 0.910. The lowest BCUT2D eigenvalue weighted by atomic mass is 9.90. The largest absolute Gasteiger partial charge is 0.392 e. The standard InChI is InChI=1S/C18H23N3O/c19-18-6-3-16(12-20-18)11-14-7-9-21(10-8-14)17-4-1-15(13-22)2-5-17/h1-6,12,14,22H,7-11,13H2,(H2,19,20). The lowest BCUT2D eigenvalue weighted by molar-refractivity contribution is 0.282. The fourth-order valence-corrected chi connectivity index (χ4v) is 3.10. The van der Waals surface area contributed by atoms with E-state index in [-0.39, 0.29) is 6.61 Å². The van der Waals surface area contributed by atoms with Crippen LogP contribution in [0, 0.1) is 5.92 Å². The number of nitrogens with zero attached hydrogens (tertiary/aromatic N) is 2. The van der Waals surface area contributed by atoms with Gasteiger partial charge in [0.05, 0.1) is 6.61 Å². The molecule has 0 amide bonds. The molecular formula is C18H23N3O. The van der Waals surface area contributed by atoms with Gasteiger partial charge in [0.1, 0.15) is 5.82 Å². The van der Waals surface area contributed by atoms with Gasteiger partial charge in [-0.05, 0) is 54.5 Å². The van der Waals surface area contributed by atoms with E-state index in [0.29, 0.717) is 5.82 Å². The number of pyridine rings is 1. The summed E-state index contributed by atoms with van der Waals surface area (Å²) in [5.41, 5.74) is 9.13. The molecule has 0 unspecified atom stereocenters. The molecule has 0 spiro atoms. The number of rotatable bonds is 4. The zero-order valence-electron chi connectivity index (χ0n) is 12.8. The minimum absolute atomic E-state index is 0.109. The third-order valence-corrected chi connectivity index (χ3v) is 4.47. The summed E-state index contributed by atoms with van der Waals surface area (Å²) in [6.45, 7) is 2.29. The number of piperidine rings is 1. The zero-order chi connectivity index (χ0) is 15.4.